The van der Waals surface area contributed by atoms with Crippen LogP contribution in [0.2, 0.25) is 0 Å². The summed E-state index contributed by atoms with van der Waals surface area (Å²) in [6.45, 7) is 1.98. The molecule has 5 nitrogen and oxygen atoms in total. The van der Waals surface area contributed by atoms with E-state index in [9.17, 15) is 0 Å². The second kappa shape index (κ2) is 5.26. The maximum Gasteiger partial charge on any atom is 0.225 e. The molecular weight excluding hydrogens is 274 g/mol. The van der Waals surface area contributed by atoms with Crippen LogP contribution in [-0.2, 0) is 0 Å². The molecule has 0 amide bonds. The lowest BCUT2D eigenvalue weighted by Gasteiger charge is -2.11. The van der Waals surface area contributed by atoms with Crippen LogP contribution in [0.25, 0.3) is 10.9 Å². The van der Waals surface area contributed by atoms with Gasteiger partial charge in [0.25, 0.3) is 0 Å². The Kier molecular flexibility index (Phi) is 3.11. The number of aromatic nitrogens is 3. The van der Waals surface area contributed by atoms with E-state index in [0.717, 1.165) is 28.1 Å². The second-order valence-corrected chi connectivity index (χ2v) is 5.64. The van der Waals surface area contributed by atoms with Gasteiger partial charge in [0.2, 0.25) is 5.95 Å². The van der Waals surface area contributed by atoms with E-state index in [4.69, 9.17) is 0 Å². The van der Waals surface area contributed by atoms with Crippen LogP contribution in [0.1, 0.15) is 18.5 Å². The van der Waals surface area contributed by atoms with Crippen LogP contribution in [-0.4, -0.2) is 21.0 Å². The van der Waals surface area contributed by atoms with Gasteiger partial charge in [0, 0.05) is 29.4 Å². The van der Waals surface area contributed by atoms with Gasteiger partial charge in [0.1, 0.15) is 5.82 Å². The van der Waals surface area contributed by atoms with Crippen LogP contribution in [0.5, 0.6) is 0 Å². The van der Waals surface area contributed by atoms with E-state index < -0.39 is 0 Å². The fraction of sp³-hybridized carbons (Fsp3) is 0.235. The topological polar surface area (TPSA) is 62.7 Å². The minimum Gasteiger partial charge on any atom is -0.351 e. The number of anilines is 3. The molecule has 0 spiro atoms. The van der Waals surface area contributed by atoms with E-state index in [-0.39, 0.29) is 0 Å². The molecule has 1 saturated carbocycles. The first-order chi connectivity index (χ1) is 10.8. The summed E-state index contributed by atoms with van der Waals surface area (Å²) in [6.07, 6.45) is 4.21. The number of rotatable bonds is 4. The summed E-state index contributed by atoms with van der Waals surface area (Å²) in [7, 11) is 0. The minimum atomic E-state index is 0.536. The molecule has 1 fully saturated rings. The summed E-state index contributed by atoms with van der Waals surface area (Å²) in [5.41, 5.74) is 2.83. The van der Waals surface area contributed by atoms with Crippen LogP contribution in [0.3, 0.4) is 0 Å². The van der Waals surface area contributed by atoms with Crippen LogP contribution < -0.4 is 10.6 Å². The van der Waals surface area contributed by atoms with Crippen molar-refractivity contribution >= 4 is 28.4 Å². The van der Waals surface area contributed by atoms with Gasteiger partial charge < -0.3 is 10.6 Å². The van der Waals surface area contributed by atoms with E-state index in [1.807, 2.05) is 31.2 Å². The molecule has 0 atom stereocenters. The Balaban J connectivity index is 1.68. The van der Waals surface area contributed by atoms with Gasteiger partial charge in [-0.25, -0.2) is 4.98 Å². The maximum atomic E-state index is 4.55. The predicted octanol–water partition coefficient (Wildman–Crippen LogP) is 3.65. The van der Waals surface area contributed by atoms with E-state index in [0.29, 0.717) is 12.0 Å². The first-order valence-electron chi connectivity index (χ1n) is 7.51. The van der Waals surface area contributed by atoms with Crippen LogP contribution >= 0.6 is 0 Å². The molecule has 1 aromatic carbocycles. The predicted molar refractivity (Wildman–Crippen MR) is 88.4 cm³/mol. The number of nitrogens with zero attached hydrogens (tertiary/aromatic N) is 3. The van der Waals surface area contributed by atoms with Crippen molar-refractivity contribution in [2.45, 2.75) is 25.8 Å². The monoisotopic (exact) mass is 291 g/mol. The number of aryl methyl sites for hydroxylation is 1. The lowest BCUT2D eigenvalue weighted by molar-refractivity contribution is 1.03. The molecule has 0 radical (unpaired) electrons. The molecule has 4 rings (SSSR count). The maximum absolute atomic E-state index is 4.55. The molecule has 0 saturated heterocycles. The number of para-hydroxylation sites is 1. The highest BCUT2D eigenvalue weighted by atomic mass is 15.2. The smallest absolute Gasteiger partial charge is 0.225 e. The summed E-state index contributed by atoms with van der Waals surface area (Å²) < 4.78 is 0. The van der Waals surface area contributed by atoms with Crippen molar-refractivity contribution in [3.05, 3.63) is 48.3 Å². The lowest BCUT2D eigenvalue weighted by atomic mass is 10.2. The molecule has 1 aliphatic carbocycles. The van der Waals surface area contributed by atoms with E-state index in [1.165, 1.54) is 12.8 Å². The number of fused-ring (bicyclic) bond motifs is 1. The molecule has 110 valence electrons. The highest BCUT2D eigenvalue weighted by Gasteiger charge is 2.22. The standard InChI is InChI=1S/C17H17N5/c1-11-10-15(22-17(19-11)20-13-7-8-13)21-14-6-2-4-12-5-3-9-18-16(12)14/h2-6,9-10,13H,7-8H2,1H3,(H2,19,20,21,22). The van der Waals surface area contributed by atoms with Crippen LogP contribution in [0.15, 0.2) is 42.6 Å². The Hall–Kier alpha value is -2.69. The molecule has 22 heavy (non-hydrogen) atoms. The van der Waals surface area contributed by atoms with Crippen molar-refractivity contribution in [1.82, 2.24) is 15.0 Å². The Morgan fingerprint density at radius 1 is 1.09 bits per heavy atom. The van der Waals surface area contributed by atoms with Gasteiger partial charge in [-0.15, -0.1) is 0 Å². The van der Waals surface area contributed by atoms with E-state index in [2.05, 4.69) is 37.7 Å². The largest absolute Gasteiger partial charge is 0.351 e. The number of pyridine rings is 1. The molecule has 0 aliphatic heterocycles. The quantitative estimate of drug-likeness (QED) is 0.768. The van der Waals surface area contributed by atoms with Crippen molar-refractivity contribution in [3.63, 3.8) is 0 Å². The molecule has 2 aromatic heterocycles. The summed E-state index contributed by atoms with van der Waals surface area (Å²) >= 11 is 0. The molecule has 3 aromatic rings. The van der Waals surface area contributed by atoms with Gasteiger partial charge in [0.15, 0.2) is 0 Å². The van der Waals surface area contributed by atoms with Gasteiger partial charge >= 0.3 is 0 Å². The second-order valence-electron chi connectivity index (χ2n) is 5.64. The SMILES string of the molecule is Cc1cc(Nc2cccc3cccnc23)nc(NC2CC2)n1. The third-order valence-corrected chi connectivity index (χ3v) is 3.66. The molecule has 2 heterocycles. The third-order valence-electron chi connectivity index (χ3n) is 3.66. The molecule has 2 N–H and O–H groups in total. The Bertz CT molecular complexity index is 821. The fourth-order valence-corrected chi connectivity index (χ4v) is 2.45. The first-order valence-corrected chi connectivity index (χ1v) is 7.51. The van der Waals surface area contributed by atoms with Gasteiger partial charge in [-0.1, -0.05) is 18.2 Å². The van der Waals surface area contributed by atoms with Gasteiger partial charge in [-0.2, -0.15) is 4.98 Å². The summed E-state index contributed by atoms with van der Waals surface area (Å²) in [4.78, 5) is 13.5. The molecule has 5 heteroatoms. The van der Waals surface area contributed by atoms with Crippen molar-refractivity contribution in [3.8, 4) is 0 Å². The highest BCUT2D eigenvalue weighted by molar-refractivity contribution is 5.91. The Morgan fingerprint density at radius 2 is 1.95 bits per heavy atom. The lowest BCUT2D eigenvalue weighted by Crippen LogP contribution is -2.07. The average molecular weight is 291 g/mol. The minimum absolute atomic E-state index is 0.536. The van der Waals surface area contributed by atoms with Crippen molar-refractivity contribution in [2.24, 2.45) is 0 Å². The van der Waals surface area contributed by atoms with Crippen LogP contribution in [0.4, 0.5) is 17.5 Å². The van der Waals surface area contributed by atoms with E-state index >= 15 is 0 Å². The molecular formula is C17H17N5. The molecule has 0 bridgehead atoms. The van der Waals surface area contributed by atoms with E-state index in [1.54, 1.807) is 6.20 Å². The zero-order valence-corrected chi connectivity index (χ0v) is 12.4. The zero-order valence-electron chi connectivity index (χ0n) is 12.4. The van der Waals surface area contributed by atoms with Crippen LogP contribution in [0, 0.1) is 6.92 Å². The molecule has 0 unspecified atom stereocenters. The summed E-state index contributed by atoms with van der Waals surface area (Å²) in [5, 5.41) is 7.82. The van der Waals surface area contributed by atoms with Gasteiger partial charge in [-0.3, -0.25) is 4.98 Å². The Morgan fingerprint density at radius 3 is 2.82 bits per heavy atom. The third kappa shape index (κ3) is 2.70. The first kappa shape index (κ1) is 13.0. The summed E-state index contributed by atoms with van der Waals surface area (Å²) in [6, 6.07) is 12.6. The fourth-order valence-electron chi connectivity index (χ4n) is 2.45. The van der Waals surface area contributed by atoms with Crippen molar-refractivity contribution in [1.29, 1.82) is 0 Å². The number of nitrogens with one attached hydrogen (secondary N) is 2. The Labute approximate surface area is 128 Å². The van der Waals surface area contributed by atoms with Crippen molar-refractivity contribution < 1.29 is 0 Å². The van der Waals surface area contributed by atoms with Gasteiger partial charge in [-0.05, 0) is 31.9 Å². The zero-order chi connectivity index (χ0) is 14.9. The normalized spacial score (nSPS) is 14.0. The summed E-state index contributed by atoms with van der Waals surface area (Å²) in [5.74, 6) is 1.48. The van der Waals surface area contributed by atoms with Gasteiger partial charge in [0.05, 0.1) is 11.2 Å². The number of hydrogen-bond acceptors (Lipinski definition) is 5. The molecule has 1 aliphatic rings. The number of hydrogen-bond donors (Lipinski definition) is 2. The highest BCUT2D eigenvalue weighted by Crippen LogP contribution is 2.26. The van der Waals surface area contributed by atoms with Crippen molar-refractivity contribution in [2.75, 3.05) is 10.6 Å². The average Bonchev–Trinajstić information content (AvgIpc) is 3.31. The number of benzene rings is 1.